The van der Waals surface area contributed by atoms with E-state index in [1.54, 1.807) is 42.5 Å². The Kier molecular flexibility index (Phi) is 6.58. The largest absolute Gasteiger partial charge is 0.483 e. The number of aryl methyl sites for hydroxylation is 1. The van der Waals surface area contributed by atoms with Crippen LogP contribution in [0.1, 0.15) is 11.3 Å². The molecule has 0 aliphatic carbocycles. The number of hydrogen-bond donors (Lipinski definition) is 2. The molecule has 0 saturated carbocycles. The fourth-order valence-electron chi connectivity index (χ4n) is 2.52. The number of furan rings is 1. The van der Waals surface area contributed by atoms with E-state index in [2.05, 4.69) is 10.0 Å². The summed E-state index contributed by atoms with van der Waals surface area (Å²) in [5.41, 5.74) is 1.15. The molecule has 2 aromatic carbocycles. The smallest absolute Gasteiger partial charge is 0.262 e. The van der Waals surface area contributed by atoms with Gasteiger partial charge in [-0.3, -0.25) is 4.79 Å². The standard InChI is InChI=1S/C20H19ClN2O5S/c1-14-10-15(21)7-8-19(14)28-13-20(24)23-16-4-2-6-18(11-16)29(25,26)22-12-17-5-3-9-27-17/h2-11,22H,12-13H2,1H3,(H,23,24). The maximum Gasteiger partial charge on any atom is 0.262 e. The number of benzene rings is 2. The number of hydrogen-bond acceptors (Lipinski definition) is 5. The minimum atomic E-state index is -3.76. The monoisotopic (exact) mass is 434 g/mol. The molecule has 0 spiro atoms. The number of carbonyl (C=O) groups is 1. The van der Waals surface area contributed by atoms with Crippen molar-refractivity contribution in [2.75, 3.05) is 11.9 Å². The van der Waals surface area contributed by atoms with Crippen molar-refractivity contribution in [3.63, 3.8) is 0 Å². The van der Waals surface area contributed by atoms with E-state index < -0.39 is 15.9 Å². The molecule has 0 aliphatic heterocycles. The van der Waals surface area contributed by atoms with Gasteiger partial charge in [-0.1, -0.05) is 17.7 Å². The van der Waals surface area contributed by atoms with Crippen molar-refractivity contribution in [3.8, 4) is 5.75 Å². The normalized spacial score (nSPS) is 11.2. The number of carbonyl (C=O) groups excluding carboxylic acids is 1. The second-order valence-corrected chi connectivity index (χ2v) is 8.38. The molecule has 0 atom stereocenters. The minimum absolute atomic E-state index is 0.0244. The summed E-state index contributed by atoms with van der Waals surface area (Å²) in [6, 6.07) is 14.4. The number of amides is 1. The molecule has 152 valence electrons. The first kappa shape index (κ1) is 20.9. The van der Waals surface area contributed by atoms with Crippen molar-refractivity contribution in [2.45, 2.75) is 18.4 Å². The second-order valence-electron chi connectivity index (χ2n) is 6.18. The van der Waals surface area contributed by atoms with Crippen molar-refractivity contribution >= 4 is 33.2 Å². The van der Waals surface area contributed by atoms with E-state index >= 15 is 0 Å². The molecule has 0 unspecified atom stereocenters. The molecule has 9 heteroatoms. The first-order valence-corrected chi connectivity index (χ1v) is 10.5. The Labute approximate surface area is 173 Å². The summed E-state index contributed by atoms with van der Waals surface area (Å²) in [5.74, 6) is 0.619. The van der Waals surface area contributed by atoms with Crippen molar-refractivity contribution in [1.29, 1.82) is 0 Å². The number of anilines is 1. The Bertz CT molecular complexity index is 1100. The van der Waals surface area contributed by atoms with Gasteiger partial charge in [0.1, 0.15) is 11.5 Å². The van der Waals surface area contributed by atoms with Crippen LogP contribution in [-0.2, 0) is 21.4 Å². The average molecular weight is 435 g/mol. The first-order chi connectivity index (χ1) is 13.8. The summed E-state index contributed by atoms with van der Waals surface area (Å²) >= 11 is 5.90. The van der Waals surface area contributed by atoms with Crippen LogP contribution in [0.25, 0.3) is 0 Å². The number of halogens is 1. The lowest BCUT2D eigenvalue weighted by atomic mass is 10.2. The zero-order valence-corrected chi connectivity index (χ0v) is 17.1. The Balaban J connectivity index is 1.60. The number of nitrogens with one attached hydrogen (secondary N) is 2. The summed E-state index contributed by atoms with van der Waals surface area (Å²) < 4.78 is 37.9. The van der Waals surface area contributed by atoms with Gasteiger partial charge in [-0.05, 0) is 61.0 Å². The van der Waals surface area contributed by atoms with Gasteiger partial charge in [-0.15, -0.1) is 0 Å². The Hall–Kier alpha value is -2.81. The Morgan fingerprint density at radius 2 is 1.97 bits per heavy atom. The highest BCUT2D eigenvalue weighted by atomic mass is 35.5. The van der Waals surface area contributed by atoms with Crippen LogP contribution in [0.15, 0.2) is 70.2 Å². The van der Waals surface area contributed by atoms with E-state index in [1.165, 1.54) is 18.4 Å². The van der Waals surface area contributed by atoms with E-state index in [-0.39, 0.29) is 18.0 Å². The number of rotatable bonds is 8. The molecule has 1 amide bonds. The van der Waals surface area contributed by atoms with E-state index in [0.717, 1.165) is 5.56 Å². The molecule has 2 N–H and O–H groups in total. The molecular formula is C20H19ClN2O5S. The van der Waals surface area contributed by atoms with Crippen LogP contribution < -0.4 is 14.8 Å². The number of ether oxygens (including phenoxy) is 1. The summed E-state index contributed by atoms with van der Waals surface area (Å²) in [6.45, 7) is 1.62. The van der Waals surface area contributed by atoms with E-state index in [9.17, 15) is 13.2 Å². The summed E-state index contributed by atoms with van der Waals surface area (Å²) in [5, 5.41) is 3.21. The minimum Gasteiger partial charge on any atom is -0.483 e. The highest BCUT2D eigenvalue weighted by molar-refractivity contribution is 7.89. The van der Waals surface area contributed by atoms with Gasteiger partial charge in [0.05, 0.1) is 17.7 Å². The molecule has 3 aromatic rings. The van der Waals surface area contributed by atoms with Crippen molar-refractivity contribution in [1.82, 2.24) is 4.72 Å². The Morgan fingerprint density at radius 3 is 2.69 bits per heavy atom. The summed E-state index contributed by atoms with van der Waals surface area (Å²) in [4.78, 5) is 12.2. The molecule has 3 rings (SSSR count). The quantitative estimate of drug-likeness (QED) is 0.562. The Morgan fingerprint density at radius 1 is 1.14 bits per heavy atom. The fraction of sp³-hybridized carbons (Fsp3) is 0.150. The highest BCUT2D eigenvalue weighted by Crippen LogP contribution is 2.22. The maximum atomic E-state index is 12.4. The molecule has 0 bridgehead atoms. The highest BCUT2D eigenvalue weighted by Gasteiger charge is 2.15. The lowest BCUT2D eigenvalue weighted by molar-refractivity contribution is -0.118. The third kappa shape index (κ3) is 5.83. The van der Waals surface area contributed by atoms with Crippen molar-refractivity contribution < 1.29 is 22.4 Å². The predicted molar refractivity (Wildman–Crippen MR) is 109 cm³/mol. The summed E-state index contributed by atoms with van der Waals surface area (Å²) in [7, 11) is -3.76. The zero-order chi connectivity index (χ0) is 20.9. The predicted octanol–water partition coefficient (Wildman–Crippen LogP) is 3.74. The van der Waals surface area contributed by atoms with Gasteiger partial charge in [-0.2, -0.15) is 0 Å². The van der Waals surface area contributed by atoms with Gasteiger partial charge >= 0.3 is 0 Å². The van der Waals surface area contributed by atoms with Gasteiger partial charge in [0.2, 0.25) is 10.0 Å². The van der Waals surface area contributed by atoms with Crippen LogP contribution in [-0.4, -0.2) is 20.9 Å². The van der Waals surface area contributed by atoms with E-state index in [4.69, 9.17) is 20.8 Å². The third-order valence-electron chi connectivity index (χ3n) is 3.94. The SMILES string of the molecule is Cc1cc(Cl)ccc1OCC(=O)Nc1cccc(S(=O)(=O)NCc2ccco2)c1. The third-order valence-corrected chi connectivity index (χ3v) is 5.57. The van der Waals surface area contributed by atoms with Crippen LogP contribution in [0.5, 0.6) is 5.75 Å². The second kappa shape index (κ2) is 9.13. The zero-order valence-electron chi connectivity index (χ0n) is 15.5. The first-order valence-electron chi connectivity index (χ1n) is 8.64. The van der Waals surface area contributed by atoms with Crippen LogP contribution in [0.2, 0.25) is 5.02 Å². The van der Waals surface area contributed by atoms with Crippen LogP contribution in [0.3, 0.4) is 0 Å². The van der Waals surface area contributed by atoms with Gasteiger partial charge in [0.25, 0.3) is 5.91 Å². The van der Waals surface area contributed by atoms with E-state index in [0.29, 0.717) is 22.2 Å². The van der Waals surface area contributed by atoms with E-state index in [1.807, 2.05) is 6.92 Å². The average Bonchev–Trinajstić information content (AvgIpc) is 3.20. The lowest BCUT2D eigenvalue weighted by Gasteiger charge is -2.11. The molecule has 0 fully saturated rings. The van der Waals surface area contributed by atoms with Crippen LogP contribution in [0, 0.1) is 6.92 Å². The van der Waals surface area contributed by atoms with Gasteiger partial charge < -0.3 is 14.5 Å². The van der Waals surface area contributed by atoms with Crippen LogP contribution in [0.4, 0.5) is 5.69 Å². The molecule has 0 aliphatic rings. The van der Waals surface area contributed by atoms with Gasteiger partial charge in [0, 0.05) is 10.7 Å². The molecule has 7 nitrogen and oxygen atoms in total. The molecule has 0 saturated heterocycles. The van der Waals surface area contributed by atoms with Crippen molar-refractivity contribution in [2.24, 2.45) is 0 Å². The molecule has 0 radical (unpaired) electrons. The van der Waals surface area contributed by atoms with Gasteiger partial charge in [-0.25, -0.2) is 13.1 Å². The molecule has 1 aromatic heterocycles. The van der Waals surface area contributed by atoms with Crippen molar-refractivity contribution in [3.05, 3.63) is 77.2 Å². The molecule has 1 heterocycles. The lowest BCUT2D eigenvalue weighted by Crippen LogP contribution is -2.24. The summed E-state index contributed by atoms with van der Waals surface area (Å²) in [6.07, 6.45) is 1.47. The molecular weight excluding hydrogens is 416 g/mol. The topological polar surface area (TPSA) is 97.6 Å². The van der Waals surface area contributed by atoms with Crippen LogP contribution >= 0.6 is 11.6 Å². The molecule has 29 heavy (non-hydrogen) atoms. The maximum absolute atomic E-state index is 12.4. The fourth-order valence-corrected chi connectivity index (χ4v) is 3.78. The van der Waals surface area contributed by atoms with Gasteiger partial charge in [0.15, 0.2) is 6.61 Å². The number of sulfonamides is 1.